The predicted octanol–water partition coefficient (Wildman–Crippen LogP) is 10.5. The van der Waals surface area contributed by atoms with Crippen molar-refractivity contribution in [3.8, 4) is 0 Å². The molecule has 0 unspecified atom stereocenters. The van der Waals surface area contributed by atoms with Gasteiger partial charge in [-0.25, -0.2) is 8.78 Å². The van der Waals surface area contributed by atoms with E-state index >= 15 is 0 Å². The van der Waals surface area contributed by atoms with E-state index in [0.29, 0.717) is 5.69 Å². The first-order valence-corrected chi connectivity index (χ1v) is 14.5. The number of carbonyl (C=O) groups is 2. The quantitative estimate of drug-likeness (QED) is 0.0947. The maximum Gasteiger partial charge on any atom is 0.150 e. The molecule has 3 nitrogen and oxygen atoms in total. The average Bonchev–Trinajstić information content (AvgIpc) is 3.05. The number of halogens is 2. The molecule has 0 heterocycles. The highest BCUT2D eigenvalue weighted by molar-refractivity contribution is 6.35. The van der Waals surface area contributed by atoms with Gasteiger partial charge in [-0.3, -0.25) is 9.59 Å². The third-order valence-corrected chi connectivity index (χ3v) is 7.52. The summed E-state index contributed by atoms with van der Waals surface area (Å²) in [4.78, 5) is 23.3. The van der Waals surface area contributed by atoms with E-state index in [1.54, 1.807) is 12.1 Å². The van der Waals surface area contributed by atoms with Crippen molar-refractivity contribution in [1.29, 1.82) is 0 Å². The smallest absolute Gasteiger partial charge is 0.150 e. The van der Waals surface area contributed by atoms with Crippen molar-refractivity contribution >= 4 is 61.3 Å². The molecule has 2 N–H and O–H groups in total. The molecule has 0 amide bonds. The molecule has 0 spiro atoms. The standard InChI is InChI=1S/C24H16O2.C7H7F.C6H6FN.C2H6/c1-13-3-7-17-20-10-6-16(12-26)22-14(2)4-8-18(24(20)22)19-9-5-15(11-25)21(13)23(17)19;1-6-2-4-7(8)5-3-6;7-5-1-3-6(8)4-2-5;1-2/h3-12H,1-2H3;2-5H,1H3;1-4H,8H2;1-2H3. The fraction of sp³-hybridized carbons (Fsp3) is 0.128. The largest absolute Gasteiger partial charge is 0.399 e. The van der Waals surface area contributed by atoms with Crippen LogP contribution in [0.5, 0.6) is 0 Å². The number of benzene rings is 7. The van der Waals surface area contributed by atoms with Crippen molar-refractivity contribution in [2.45, 2.75) is 34.6 Å². The van der Waals surface area contributed by atoms with Crippen molar-refractivity contribution < 1.29 is 18.4 Å². The van der Waals surface area contributed by atoms with Crippen LogP contribution in [0.2, 0.25) is 0 Å². The fourth-order valence-corrected chi connectivity index (χ4v) is 5.49. The molecule has 0 aliphatic heterocycles. The number of nitrogen functional groups attached to an aromatic ring is 1. The van der Waals surface area contributed by atoms with E-state index in [-0.39, 0.29) is 11.6 Å². The molecule has 7 aromatic carbocycles. The summed E-state index contributed by atoms with van der Waals surface area (Å²) in [6.45, 7) is 10.0. The number of carbonyl (C=O) groups excluding carboxylic acids is 2. The van der Waals surface area contributed by atoms with E-state index in [0.717, 1.165) is 83.5 Å². The van der Waals surface area contributed by atoms with Crippen LogP contribution in [0.1, 0.15) is 51.3 Å². The molecule has 5 heteroatoms. The summed E-state index contributed by atoms with van der Waals surface area (Å²) >= 11 is 0. The molecule has 44 heavy (non-hydrogen) atoms. The number of fused-ring (bicyclic) bond motifs is 2. The van der Waals surface area contributed by atoms with Gasteiger partial charge in [-0.05, 0) is 111 Å². The summed E-state index contributed by atoms with van der Waals surface area (Å²) < 4.78 is 24.1. The Morgan fingerprint density at radius 3 is 1.14 bits per heavy atom. The summed E-state index contributed by atoms with van der Waals surface area (Å²) in [6, 6.07) is 28.4. The van der Waals surface area contributed by atoms with Gasteiger partial charge in [0.05, 0.1) is 0 Å². The van der Waals surface area contributed by atoms with E-state index in [2.05, 4.69) is 24.3 Å². The molecule has 0 aliphatic carbocycles. The normalized spacial score (nSPS) is 10.4. The second-order valence-corrected chi connectivity index (χ2v) is 10.3. The zero-order valence-corrected chi connectivity index (χ0v) is 25.5. The van der Waals surface area contributed by atoms with Gasteiger partial charge in [0.1, 0.15) is 11.6 Å². The van der Waals surface area contributed by atoms with E-state index in [1.807, 2.05) is 58.9 Å². The number of rotatable bonds is 2. The lowest BCUT2D eigenvalue weighted by molar-refractivity contribution is 0.111. The molecule has 7 rings (SSSR count). The number of hydrogen-bond donors (Lipinski definition) is 1. The predicted molar refractivity (Wildman–Crippen MR) is 181 cm³/mol. The fourth-order valence-electron chi connectivity index (χ4n) is 5.49. The third-order valence-electron chi connectivity index (χ3n) is 7.52. The van der Waals surface area contributed by atoms with Crippen molar-refractivity contribution in [3.63, 3.8) is 0 Å². The van der Waals surface area contributed by atoms with Gasteiger partial charge in [0.15, 0.2) is 12.6 Å². The zero-order chi connectivity index (χ0) is 32.0. The number of hydrogen-bond acceptors (Lipinski definition) is 3. The minimum atomic E-state index is -0.251. The minimum absolute atomic E-state index is 0.171. The maximum atomic E-state index is 12.1. The molecule has 0 fully saturated rings. The Bertz CT molecular complexity index is 1850. The van der Waals surface area contributed by atoms with Gasteiger partial charge in [0.25, 0.3) is 0 Å². The van der Waals surface area contributed by atoms with Crippen molar-refractivity contribution in [2.24, 2.45) is 0 Å². The lowest BCUT2D eigenvalue weighted by Gasteiger charge is -2.18. The molecule has 222 valence electrons. The van der Waals surface area contributed by atoms with Crippen LogP contribution < -0.4 is 5.73 Å². The lowest BCUT2D eigenvalue weighted by atomic mass is 9.85. The molecule has 0 saturated carbocycles. The summed E-state index contributed by atoms with van der Waals surface area (Å²) in [6.07, 6.45) is 1.87. The van der Waals surface area contributed by atoms with Crippen LogP contribution in [0.25, 0.3) is 43.1 Å². The van der Waals surface area contributed by atoms with Crippen LogP contribution in [0.15, 0.2) is 97.1 Å². The Hall–Kier alpha value is -5.16. The van der Waals surface area contributed by atoms with Crippen molar-refractivity contribution in [3.05, 3.63) is 137 Å². The Morgan fingerprint density at radius 2 is 0.818 bits per heavy atom. The van der Waals surface area contributed by atoms with E-state index < -0.39 is 0 Å². The van der Waals surface area contributed by atoms with Gasteiger partial charge in [-0.2, -0.15) is 0 Å². The van der Waals surface area contributed by atoms with E-state index in [1.165, 1.54) is 36.4 Å². The number of aryl methyl sites for hydroxylation is 3. The van der Waals surface area contributed by atoms with Crippen LogP contribution in [-0.4, -0.2) is 12.6 Å². The van der Waals surface area contributed by atoms with E-state index in [4.69, 9.17) is 5.73 Å². The highest BCUT2D eigenvalue weighted by Crippen LogP contribution is 2.43. The Kier molecular flexibility index (Phi) is 10.0. The molecule has 0 bridgehead atoms. The topological polar surface area (TPSA) is 60.2 Å². The molecule has 0 radical (unpaired) electrons. The van der Waals surface area contributed by atoms with Crippen LogP contribution in [0.3, 0.4) is 0 Å². The summed E-state index contributed by atoms with van der Waals surface area (Å²) in [5.41, 5.74) is 10.6. The Balaban J connectivity index is 0.000000201. The minimum Gasteiger partial charge on any atom is -0.399 e. The molecule has 0 aliphatic rings. The first-order valence-electron chi connectivity index (χ1n) is 14.5. The summed E-state index contributed by atoms with van der Waals surface area (Å²) in [5.74, 6) is -0.421. The highest BCUT2D eigenvalue weighted by atomic mass is 19.1. The first-order chi connectivity index (χ1) is 21.2. The monoisotopic (exact) mass is 587 g/mol. The van der Waals surface area contributed by atoms with Gasteiger partial charge < -0.3 is 5.73 Å². The summed E-state index contributed by atoms with van der Waals surface area (Å²) in [5, 5.41) is 8.82. The summed E-state index contributed by atoms with van der Waals surface area (Å²) in [7, 11) is 0. The molecule has 7 aromatic rings. The van der Waals surface area contributed by atoms with Gasteiger partial charge in [-0.15, -0.1) is 0 Å². The maximum absolute atomic E-state index is 12.1. The average molecular weight is 588 g/mol. The van der Waals surface area contributed by atoms with E-state index in [9.17, 15) is 18.4 Å². The molecular formula is C39H35F2NO2. The SMILES string of the molecule is CC.Cc1ccc(F)cc1.Cc1ccc2c3ccc(C=O)c4c(C)ccc(c5ccc(C=O)c1c25)c43.Nc1ccc(F)cc1. The van der Waals surface area contributed by atoms with Crippen LogP contribution in [0.4, 0.5) is 14.5 Å². The molecular weight excluding hydrogens is 552 g/mol. The highest BCUT2D eigenvalue weighted by Gasteiger charge is 2.17. The Labute approximate surface area is 256 Å². The van der Waals surface area contributed by atoms with Gasteiger partial charge >= 0.3 is 0 Å². The number of anilines is 1. The number of nitrogens with two attached hydrogens (primary N) is 1. The molecule has 0 saturated heterocycles. The first kappa shape index (κ1) is 31.8. The number of aldehydes is 2. The second-order valence-electron chi connectivity index (χ2n) is 10.3. The van der Waals surface area contributed by atoms with Gasteiger partial charge in [0, 0.05) is 16.8 Å². The van der Waals surface area contributed by atoms with Crippen molar-refractivity contribution in [1.82, 2.24) is 0 Å². The van der Waals surface area contributed by atoms with Crippen LogP contribution in [0, 0.1) is 32.4 Å². The molecule has 0 atom stereocenters. The van der Waals surface area contributed by atoms with Crippen LogP contribution in [-0.2, 0) is 0 Å². The third kappa shape index (κ3) is 6.28. The lowest BCUT2D eigenvalue weighted by Crippen LogP contribution is -1.95. The molecule has 0 aromatic heterocycles. The van der Waals surface area contributed by atoms with Crippen LogP contribution >= 0.6 is 0 Å². The second kappa shape index (κ2) is 13.9. The Morgan fingerprint density at radius 1 is 0.477 bits per heavy atom. The van der Waals surface area contributed by atoms with Gasteiger partial charge in [-0.1, -0.05) is 80.1 Å². The van der Waals surface area contributed by atoms with Crippen molar-refractivity contribution in [2.75, 3.05) is 5.73 Å². The zero-order valence-electron chi connectivity index (χ0n) is 25.5. The van der Waals surface area contributed by atoms with Gasteiger partial charge in [0.2, 0.25) is 0 Å².